The van der Waals surface area contributed by atoms with E-state index in [1.165, 1.54) is 0 Å². The third-order valence-corrected chi connectivity index (χ3v) is 9.39. The molecule has 1 aromatic rings. The first-order valence-electron chi connectivity index (χ1n) is 13.6. The van der Waals surface area contributed by atoms with Crippen molar-refractivity contribution in [3.8, 4) is 0 Å². The van der Waals surface area contributed by atoms with Gasteiger partial charge < -0.3 is 14.8 Å². The van der Waals surface area contributed by atoms with Crippen LogP contribution in [0.3, 0.4) is 0 Å². The van der Waals surface area contributed by atoms with Crippen LogP contribution in [0, 0.1) is 17.8 Å². The smallest absolute Gasteiger partial charge is 0.323 e. The van der Waals surface area contributed by atoms with Gasteiger partial charge in [0.25, 0.3) is 0 Å². The molecule has 1 aromatic carbocycles. The van der Waals surface area contributed by atoms with Crippen LogP contribution in [0.15, 0.2) is 30.3 Å². The molecule has 6 unspecified atom stereocenters. The number of rotatable bonds is 10. The Hall–Kier alpha value is -2.01. The van der Waals surface area contributed by atoms with Gasteiger partial charge in [-0.25, -0.2) is 13.1 Å². The molecule has 0 bridgehead atoms. The van der Waals surface area contributed by atoms with Gasteiger partial charge in [-0.15, -0.1) is 0 Å². The number of hydrogen-bond acceptors (Lipinski definition) is 8. The number of sulfonamides is 1. The van der Waals surface area contributed by atoms with Gasteiger partial charge in [0.15, 0.2) is 0 Å². The highest BCUT2D eigenvalue weighted by Gasteiger charge is 2.43. The zero-order chi connectivity index (χ0) is 26.4. The molecule has 0 aromatic heterocycles. The Morgan fingerprint density at radius 2 is 1.73 bits per heavy atom. The highest BCUT2D eigenvalue weighted by Crippen LogP contribution is 2.39. The average Bonchev–Trinajstić information content (AvgIpc) is 3.25. The van der Waals surface area contributed by atoms with Crippen LogP contribution in [-0.4, -0.2) is 76.2 Å². The van der Waals surface area contributed by atoms with E-state index in [0.717, 1.165) is 44.3 Å². The van der Waals surface area contributed by atoms with Gasteiger partial charge in [0.05, 0.1) is 19.0 Å². The summed E-state index contributed by atoms with van der Waals surface area (Å²) in [6, 6.07) is 8.06. The minimum absolute atomic E-state index is 0.0875. The van der Waals surface area contributed by atoms with Crippen LogP contribution in [0.1, 0.15) is 51.5 Å². The Balaban J connectivity index is 1.37. The monoisotopic (exact) mass is 535 g/mol. The molecular weight excluding hydrogens is 494 g/mol. The first kappa shape index (κ1) is 28.0. The van der Waals surface area contributed by atoms with Gasteiger partial charge in [-0.05, 0) is 75.8 Å². The van der Waals surface area contributed by atoms with E-state index in [0.29, 0.717) is 43.9 Å². The molecule has 10 heteroatoms. The lowest BCUT2D eigenvalue weighted by molar-refractivity contribution is -0.149. The summed E-state index contributed by atoms with van der Waals surface area (Å²) < 4.78 is 39.1. The zero-order valence-corrected chi connectivity index (χ0v) is 22.8. The molecule has 2 aliphatic heterocycles. The normalized spacial score (nSPS) is 30.4. The minimum Gasteiger partial charge on any atom is -0.465 e. The molecule has 4 rings (SSSR count). The molecule has 2 saturated heterocycles. The van der Waals surface area contributed by atoms with Crippen molar-refractivity contribution in [2.75, 3.05) is 32.8 Å². The van der Waals surface area contributed by atoms with E-state index in [-0.39, 0.29) is 29.8 Å². The van der Waals surface area contributed by atoms with Crippen molar-refractivity contribution in [3.63, 3.8) is 0 Å². The lowest BCUT2D eigenvalue weighted by atomic mass is 9.69. The molecule has 3 aliphatic rings. The minimum atomic E-state index is -3.55. The largest absolute Gasteiger partial charge is 0.465 e. The number of fused-ring (bicyclic) bond motifs is 1. The summed E-state index contributed by atoms with van der Waals surface area (Å²) in [5.41, 5.74) is 0.728. The van der Waals surface area contributed by atoms with Gasteiger partial charge in [-0.2, -0.15) is 0 Å². The molecule has 2 heterocycles. The second-order valence-corrected chi connectivity index (χ2v) is 12.4. The van der Waals surface area contributed by atoms with Gasteiger partial charge in [-0.1, -0.05) is 30.3 Å². The Morgan fingerprint density at radius 3 is 2.46 bits per heavy atom. The predicted octanol–water partition coefficient (Wildman–Crippen LogP) is 2.07. The molecule has 1 aliphatic carbocycles. The molecule has 9 nitrogen and oxygen atoms in total. The van der Waals surface area contributed by atoms with Gasteiger partial charge in [-0.3, -0.25) is 14.5 Å². The lowest BCUT2D eigenvalue weighted by Gasteiger charge is -2.43. The van der Waals surface area contributed by atoms with E-state index in [1.807, 2.05) is 25.1 Å². The number of likely N-dealkylation sites (tertiary alicyclic amines) is 1. The Labute approximate surface area is 220 Å². The Bertz CT molecular complexity index is 1020. The maximum atomic E-state index is 12.9. The van der Waals surface area contributed by atoms with E-state index in [2.05, 4.69) is 14.9 Å². The molecule has 2 N–H and O–H groups in total. The number of carbonyl (C=O) groups excluding carboxylic acids is 2. The second kappa shape index (κ2) is 12.7. The number of piperidine rings is 1. The van der Waals surface area contributed by atoms with E-state index < -0.39 is 16.1 Å². The number of hydrogen-bond donors (Lipinski definition) is 2. The Kier molecular flexibility index (Phi) is 9.61. The van der Waals surface area contributed by atoms with Crippen molar-refractivity contribution >= 4 is 22.0 Å². The maximum absolute atomic E-state index is 12.9. The van der Waals surface area contributed by atoms with Crippen molar-refractivity contribution in [1.82, 2.24) is 14.9 Å². The fraction of sp³-hybridized carbons (Fsp3) is 0.704. The van der Waals surface area contributed by atoms with Gasteiger partial charge >= 0.3 is 11.9 Å². The van der Waals surface area contributed by atoms with Crippen LogP contribution < -0.4 is 10.0 Å². The predicted molar refractivity (Wildman–Crippen MR) is 140 cm³/mol. The summed E-state index contributed by atoms with van der Waals surface area (Å²) in [4.78, 5) is 27.2. The summed E-state index contributed by atoms with van der Waals surface area (Å²) in [7, 11) is -3.55. The van der Waals surface area contributed by atoms with Crippen LogP contribution in [0.2, 0.25) is 0 Å². The quantitative estimate of drug-likeness (QED) is 0.438. The third kappa shape index (κ3) is 7.52. The average molecular weight is 536 g/mol. The van der Waals surface area contributed by atoms with Crippen molar-refractivity contribution in [3.05, 3.63) is 35.9 Å². The van der Waals surface area contributed by atoms with Gasteiger partial charge in [0.1, 0.15) is 12.1 Å². The van der Waals surface area contributed by atoms with E-state index >= 15 is 0 Å². The molecule has 0 spiro atoms. The van der Waals surface area contributed by atoms with Gasteiger partial charge in [0.2, 0.25) is 10.0 Å². The van der Waals surface area contributed by atoms with Crippen molar-refractivity contribution in [2.45, 2.75) is 69.8 Å². The molecule has 37 heavy (non-hydrogen) atoms. The number of esters is 2. The van der Waals surface area contributed by atoms with Crippen LogP contribution in [0.4, 0.5) is 0 Å². The fourth-order valence-corrected chi connectivity index (χ4v) is 7.74. The molecule has 3 fully saturated rings. The van der Waals surface area contributed by atoms with Crippen LogP contribution in [-0.2, 0) is 34.8 Å². The summed E-state index contributed by atoms with van der Waals surface area (Å²) in [5.74, 6) is 0.840. The number of nitrogens with one attached hydrogen (secondary N) is 2. The SMILES string of the molecule is CCOC(=O)C1CC2CC(CN3CC(NS(=O)(=O)Cc4ccccc4)CC3C(=O)OCC)CCC2CN1. The van der Waals surface area contributed by atoms with Crippen LogP contribution in [0.25, 0.3) is 0 Å². The van der Waals surface area contributed by atoms with E-state index in [9.17, 15) is 18.0 Å². The molecule has 0 amide bonds. The summed E-state index contributed by atoms with van der Waals surface area (Å²) >= 11 is 0. The molecule has 0 radical (unpaired) electrons. The molecule has 1 saturated carbocycles. The van der Waals surface area contributed by atoms with Crippen LogP contribution in [0.5, 0.6) is 0 Å². The van der Waals surface area contributed by atoms with Crippen molar-refractivity contribution in [1.29, 1.82) is 0 Å². The second-order valence-electron chi connectivity index (χ2n) is 10.7. The summed E-state index contributed by atoms with van der Waals surface area (Å²) in [6.45, 7) is 6.33. The van der Waals surface area contributed by atoms with Crippen molar-refractivity contribution in [2.24, 2.45) is 17.8 Å². The number of benzene rings is 1. The standard InChI is InChI=1S/C27H41N3O6S/c1-3-35-26(31)24-13-22-12-20(10-11-21(22)15-28-24)16-30-17-23(14-25(30)27(32)36-4-2)29-37(33,34)18-19-8-6-5-7-9-19/h5-9,20-25,28-29H,3-4,10-18H2,1-2H3. The summed E-state index contributed by atoms with van der Waals surface area (Å²) in [6.07, 6.45) is 4.33. The van der Waals surface area contributed by atoms with E-state index in [1.54, 1.807) is 19.1 Å². The number of carbonyl (C=O) groups is 2. The van der Waals surface area contributed by atoms with Crippen molar-refractivity contribution < 1.29 is 27.5 Å². The molecule has 6 atom stereocenters. The van der Waals surface area contributed by atoms with E-state index in [4.69, 9.17) is 9.47 Å². The third-order valence-electron chi connectivity index (χ3n) is 7.99. The lowest BCUT2D eigenvalue weighted by Crippen LogP contribution is -2.51. The topological polar surface area (TPSA) is 114 Å². The summed E-state index contributed by atoms with van der Waals surface area (Å²) in [5, 5.41) is 3.36. The van der Waals surface area contributed by atoms with Gasteiger partial charge in [0, 0.05) is 19.1 Å². The fourth-order valence-electron chi connectivity index (χ4n) is 6.34. The Morgan fingerprint density at radius 1 is 1.00 bits per heavy atom. The number of ether oxygens (including phenoxy) is 2. The highest BCUT2D eigenvalue weighted by atomic mass is 32.2. The highest BCUT2D eigenvalue weighted by molar-refractivity contribution is 7.88. The maximum Gasteiger partial charge on any atom is 0.323 e. The zero-order valence-electron chi connectivity index (χ0n) is 21.9. The first-order chi connectivity index (χ1) is 17.8. The molecular formula is C27H41N3O6S. The molecule has 206 valence electrons. The first-order valence-corrected chi connectivity index (χ1v) is 15.3. The number of nitrogens with zero attached hydrogens (tertiary/aromatic N) is 1. The van der Waals surface area contributed by atoms with Crippen LogP contribution >= 0.6 is 0 Å².